The maximum atomic E-state index is 11.4. The Morgan fingerprint density at radius 2 is 2.33 bits per heavy atom. The fourth-order valence-corrected chi connectivity index (χ4v) is 1.60. The van der Waals surface area contributed by atoms with E-state index in [1.165, 1.54) is 4.57 Å². The second-order valence-corrected chi connectivity index (χ2v) is 3.82. The van der Waals surface area contributed by atoms with Gasteiger partial charge in [-0.3, -0.25) is 9.36 Å². The van der Waals surface area contributed by atoms with E-state index in [0.29, 0.717) is 16.8 Å². The molecule has 1 N–H and O–H groups in total. The van der Waals surface area contributed by atoms with Crippen molar-refractivity contribution in [2.75, 3.05) is 5.32 Å². The van der Waals surface area contributed by atoms with Gasteiger partial charge in [-0.2, -0.15) is 5.26 Å². The predicted molar refractivity (Wildman–Crippen MR) is 64.9 cm³/mol. The lowest BCUT2D eigenvalue weighted by molar-refractivity contribution is -0.116. The van der Waals surface area contributed by atoms with E-state index in [1.807, 2.05) is 6.07 Å². The summed E-state index contributed by atoms with van der Waals surface area (Å²) in [7, 11) is 1.59. The molecule has 1 aromatic carbocycles. The van der Waals surface area contributed by atoms with Crippen molar-refractivity contribution in [3.05, 3.63) is 28.7 Å². The average molecular weight is 245 g/mol. The van der Waals surface area contributed by atoms with E-state index in [9.17, 15) is 9.59 Å². The highest BCUT2D eigenvalue weighted by molar-refractivity contribution is 5.92. The van der Waals surface area contributed by atoms with Crippen LogP contribution in [0.3, 0.4) is 0 Å². The highest BCUT2D eigenvalue weighted by Gasteiger charge is 2.08. The lowest BCUT2D eigenvalue weighted by Gasteiger charge is -2.03. The molecular formula is C12H11N3O3. The summed E-state index contributed by atoms with van der Waals surface area (Å²) in [5.74, 6) is -0.678. The Morgan fingerprint density at radius 1 is 1.56 bits per heavy atom. The summed E-state index contributed by atoms with van der Waals surface area (Å²) in [6.07, 6.45) is 0.330. The van der Waals surface area contributed by atoms with Crippen molar-refractivity contribution < 1.29 is 9.21 Å². The summed E-state index contributed by atoms with van der Waals surface area (Å²) in [5, 5.41) is 11.0. The fraction of sp³-hybridized carbons (Fsp3) is 0.250. The van der Waals surface area contributed by atoms with E-state index in [4.69, 9.17) is 9.68 Å². The number of nitriles is 1. The molecule has 1 heterocycles. The quantitative estimate of drug-likeness (QED) is 0.884. The van der Waals surface area contributed by atoms with Gasteiger partial charge >= 0.3 is 5.76 Å². The van der Waals surface area contributed by atoms with Gasteiger partial charge in [-0.25, -0.2) is 4.79 Å². The minimum atomic E-state index is -0.446. The normalized spacial score (nSPS) is 10.2. The van der Waals surface area contributed by atoms with Gasteiger partial charge in [-0.1, -0.05) is 0 Å². The number of nitrogens with one attached hydrogen (secondary N) is 1. The molecule has 0 atom stereocenters. The van der Waals surface area contributed by atoms with Crippen molar-refractivity contribution in [2.24, 2.45) is 7.05 Å². The first kappa shape index (κ1) is 11.9. The molecule has 2 aromatic rings. The zero-order valence-electron chi connectivity index (χ0n) is 9.77. The third-order valence-corrected chi connectivity index (χ3v) is 2.54. The summed E-state index contributed by atoms with van der Waals surface area (Å²) in [5.41, 5.74) is 1.65. The van der Waals surface area contributed by atoms with Gasteiger partial charge in [0.1, 0.15) is 0 Å². The average Bonchev–Trinajstić information content (AvgIpc) is 2.63. The van der Waals surface area contributed by atoms with Crippen LogP contribution < -0.4 is 11.1 Å². The molecule has 6 nitrogen and oxygen atoms in total. The van der Waals surface area contributed by atoms with Crippen LogP contribution >= 0.6 is 0 Å². The van der Waals surface area contributed by atoms with Gasteiger partial charge < -0.3 is 9.73 Å². The Kier molecular flexibility index (Phi) is 3.15. The van der Waals surface area contributed by atoms with Crippen LogP contribution in [0.25, 0.3) is 11.1 Å². The number of aryl methyl sites for hydroxylation is 1. The first-order chi connectivity index (χ1) is 8.61. The Morgan fingerprint density at radius 3 is 3.06 bits per heavy atom. The van der Waals surface area contributed by atoms with Crippen molar-refractivity contribution in [1.29, 1.82) is 5.26 Å². The molecule has 0 fully saturated rings. The molecule has 18 heavy (non-hydrogen) atoms. The second-order valence-electron chi connectivity index (χ2n) is 3.82. The molecule has 1 amide bonds. The van der Waals surface area contributed by atoms with Crippen molar-refractivity contribution in [1.82, 2.24) is 4.57 Å². The zero-order chi connectivity index (χ0) is 13.1. The standard InChI is InChI=1S/C12H11N3O3/c1-15-9-7-8(14-11(16)3-2-6-13)4-5-10(9)18-12(15)17/h4-5,7H,2-3H2,1H3,(H,14,16). The van der Waals surface area contributed by atoms with Crippen molar-refractivity contribution in [3.63, 3.8) is 0 Å². The number of anilines is 1. The maximum Gasteiger partial charge on any atom is 0.419 e. The van der Waals surface area contributed by atoms with Gasteiger partial charge in [0.25, 0.3) is 0 Å². The van der Waals surface area contributed by atoms with Crippen LogP contribution in [0, 0.1) is 11.3 Å². The molecular weight excluding hydrogens is 234 g/mol. The molecule has 0 spiro atoms. The van der Waals surface area contributed by atoms with Crippen LogP contribution in [0.15, 0.2) is 27.4 Å². The highest BCUT2D eigenvalue weighted by atomic mass is 16.4. The van der Waals surface area contributed by atoms with E-state index >= 15 is 0 Å². The first-order valence-corrected chi connectivity index (χ1v) is 5.38. The Bertz CT molecular complexity index is 691. The van der Waals surface area contributed by atoms with Crippen LogP contribution in [-0.4, -0.2) is 10.5 Å². The molecule has 0 unspecified atom stereocenters. The molecule has 0 radical (unpaired) electrons. The number of nitrogens with zero attached hydrogens (tertiary/aromatic N) is 2. The first-order valence-electron chi connectivity index (χ1n) is 5.38. The van der Waals surface area contributed by atoms with Gasteiger partial charge in [-0.15, -0.1) is 0 Å². The molecule has 0 aliphatic rings. The van der Waals surface area contributed by atoms with Gasteiger partial charge in [0, 0.05) is 25.6 Å². The van der Waals surface area contributed by atoms with Crippen LogP contribution in [0.1, 0.15) is 12.8 Å². The van der Waals surface area contributed by atoms with Crippen LogP contribution in [0.5, 0.6) is 0 Å². The number of hydrogen-bond donors (Lipinski definition) is 1. The van der Waals surface area contributed by atoms with E-state index < -0.39 is 5.76 Å². The lowest BCUT2D eigenvalue weighted by atomic mass is 10.2. The molecule has 92 valence electrons. The molecule has 2 rings (SSSR count). The summed E-state index contributed by atoms with van der Waals surface area (Å²) >= 11 is 0. The number of rotatable bonds is 3. The van der Waals surface area contributed by atoms with Gasteiger partial charge in [0.2, 0.25) is 5.91 Å². The van der Waals surface area contributed by atoms with E-state index in [2.05, 4.69) is 5.32 Å². The van der Waals surface area contributed by atoms with Gasteiger partial charge in [-0.05, 0) is 18.2 Å². The highest BCUT2D eigenvalue weighted by Crippen LogP contribution is 2.17. The van der Waals surface area contributed by atoms with Gasteiger partial charge in [0.05, 0.1) is 11.6 Å². The summed E-state index contributed by atoms with van der Waals surface area (Å²) < 4.78 is 6.34. The fourth-order valence-electron chi connectivity index (χ4n) is 1.60. The number of aromatic nitrogens is 1. The lowest BCUT2D eigenvalue weighted by Crippen LogP contribution is -2.11. The van der Waals surface area contributed by atoms with E-state index in [0.717, 1.165) is 0 Å². The molecule has 0 aliphatic heterocycles. The number of benzene rings is 1. The molecule has 0 bridgehead atoms. The number of hydrogen-bond acceptors (Lipinski definition) is 4. The number of carbonyl (C=O) groups excluding carboxylic acids is 1. The topological polar surface area (TPSA) is 88.0 Å². The van der Waals surface area contributed by atoms with Crippen molar-refractivity contribution >= 4 is 22.7 Å². The zero-order valence-corrected chi connectivity index (χ0v) is 9.77. The summed E-state index contributed by atoms with van der Waals surface area (Å²) in [6.45, 7) is 0. The van der Waals surface area contributed by atoms with Crippen LogP contribution in [-0.2, 0) is 11.8 Å². The minimum absolute atomic E-state index is 0.152. The monoisotopic (exact) mass is 245 g/mol. The summed E-state index contributed by atoms with van der Waals surface area (Å²) in [6, 6.07) is 6.83. The SMILES string of the molecule is Cn1c(=O)oc2ccc(NC(=O)CCC#N)cc21. The second kappa shape index (κ2) is 4.75. The smallest absolute Gasteiger partial charge is 0.408 e. The third kappa shape index (κ3) is 2.25. The molecule has 0 saturated heterocycles. The van der Waals surface area contributed by atoms with E-state index in [1.54, 1.807) is 25.2 Å². The van der Waals surface area contributed by atoms with Gasteiger partial charge in [0.15, 0.2) is 5.58 Å². The Labute approximate surface area is 102 Å². The Balaban J connectivity index is 2.25. The number of oxazole rings is 1. The van der Waals surface area contributed by atoms with Crippen LogP contribution in [0.2, 0.25) is 0 Å². The number of amides is 1. The third-order valence-electron chi connectivity index (χ3n) is 2.54. The molecule has 1 aromatic heterocycles. The largest absolute Gasteiger partial charge is 0.419 e. The summed E-state index contributed by atoms with van der Waals surface area (Å²) in [4.78, 5) is 22.7. The molecule has 0 saturated carbocycles. The number of fused-ring (bicyclic) bond motifs is 1. The predicted octanol–water partition coefficient (Wildman–Crippen LogP) is 1.37. The van der Waals surface area contributed by atoms with Crippen molar-refractivity contribution in [3.8, 4) is 6.07 Å². The van der Waals surface area contributed by atoms with E-state index in [-0.39, 0.29) is 18.7 Å². The number of carbonyl (C=O) groups is 1. The molecule has 0 aliphatic carbocycles. The minimum Gasteiger partial charge on any atom is -0.408 e. The molecule has 6 heteroatoms. The maximum absolute atomic E-state index is 11.4. The Hall–Kier alpha value is -2.55. The van der Waals surface area contributed by atoms with Crippen LogP contribution in [0.4, 0.5) is 5.69 Å². The van der Waals surface area contributed by atoms with Crippen molar-refractivity contribution in [2.45, 2.75) is 12.8 Å².